The van der Waals surface area contributed by atoms with E-state index < -0.39 is 0 Å². The summed E-state index contributed by atoms with van der Waals surface area (Å²) in [4.78, 5) is 0. The van der Waals surface area contributed by atoms with Gasteiger partial charge in [0.2, 0.25) is 0 Å². The van der Waals surface area contributed by atoms with Gasteiger partial charge in [-0.2, -0.15) is 0 Å². The molecule has 1 saturated carbocycles. The topological polar surface area (TPSA) is 47.3 Å². The first-order valence-electron chi connectivity index (χ1n) is 5.85. The first kappa shape index (κ1) is 11.3. The van der Waals surface area contributed by atoms with Gasteiger partial charge in [-0.05, 0) is 37.8 Å². The Kier molecular flexibility index (Phi) is 3.34. The predicted octanol–water partition coefficient (Wildman–Crippen LogP) is 2.56. The van der Waals surface area contributed by atoms with Gasteiger partial charge in [-0.25, -0.2) is 0 Å². The second-order valence-corrected chi connectivity index (χ2v) is 4.55. The molecule has 2 atom stereocenters. The van der Waals surface area contributed by atoms with Crippen molar-refractivity contribution in [3.63, 3.8) is 0 Å². The van der Waals surface area contributed by atoms with Crippen molar-refractivity contribution in [1.29, 1.82) is 0 Å². The summed E-state index contributed by atoms with van der Waals surface area (Å²) >= 11 is 0. The molecule has 2 unspecified atom stereocenters. The fraction of sp³-hybridized carbons (Fsp3) is 0.538. The van der Waals surface area contributed by atoms with E-state index in [4.69, 9.17) is 10.5 Å². The SMILES string of the molecule is COC1CCC(Nc2c(C)cccc2N)C1. The molecule has 0 saturated heterocycles. The molecule has 0 amide bonds. The molecule has 0 radical (unpaired) electrons. The van der Waals surface area contributed by atoms with Gasteiger partial charge in [0.1, 0.15) is 0 Å². The Hall–Kier alpha value is -1.22. The lowest BCUT2D eigenvalue weighted by Crippen LogP contribution is -2.18. The highest BCUT2D eigenvalue weighted by molar-refractivity contribution is 5.70. The summed E-state index contributed by atoms with van der Waals surface area (Å²) in [5.74, 6) is 0. The Morgan fingerprint density at radius 2 is 2.19 bits per heavy atom. The predicted molar refractivity (Wildman–Crippen MR) is 67.7 cm³/mol. The number of benzene rings is 1. The van der Waals surface area contributed by atoms with E-state index in [0.717, 1.165) is 30.6 Å². The van der Waals surface area contributed by atoms with Gasteiger partial charge in [-0.1, -0.05) is 12.1 Å². The standard InChI is InChI=1S/C13H20N2O/c1-9-4-3-5-12(14)13(9)15-10-6-7-11(8-10)16-2/h3-5,10-11,15H,6-8,14H2,1-2H3. The molecule has 2 rings (SSSR count). The minimum absolute atomic E-state index is 0.405. The van der Waals surface area contributed by atoms with Crippen LogP contribution >= 0.6 is 0 Å². The van der Waals surface area contributed by atoms with Crippen LogP contribution in [0.1, 0.15) is 24.8 Å². The Labute approximate surface area is 97.0 Å². The molecule has 0 heterocycles. The van der Waals surface area contributed by atoms with E-state index in [2.05, 4.69) is 18.3 Å². The molecule has 3 N–H and O–H groups in total. The smallest absolute Gasteiger partial charge is 0.0605 e. The second-order valence-electron chi connectivity index (χ2n) is 4.55. The third-order valence-corrected chi connectivity index (χ3v) is 3.37. The zero-order valence-corrected chi connectivity index (χ0v) is 9.99. The summed E-state index contributed by atoms with van der Waals surface area (Å²) in [5, 5.41) is 3.54. The maximum absolute atomic E-state index is 5.97. The average molecular weight is 220 g/mol. The molecule has 1 aliphatic carbocycles. The number of anilines is 2. The van der Waals surface area contributed by atoms with E-state index in [0.29, 0.717) is 12.1 Å². The third-order valence-electron chi connectivity index (χ3n) is 3.37. The van der Waals surface area contributed by atoms with Gasteiger partial charge in [-0.3, -0.25) is 0 Å². The number of nitrogens with two attached hydrogens (primary N) is 1. The lowest BCUT2D eigenvalue weighted by atomic mass is 10.1. The normalized spacial score (nSPS) is 24.6. The zero-order chi connectivity index (χ0) is 11.5. The minimum Gasteiger partial charge on any atom is -0.397 e. The van der Waals surface area contributed by atoms with Crippen molar-refractivity contribution in [1.82, 2.24) is 0 Å². The fourth-order valence-corrected chi connectivity index (χ4v) is 2.38. The third kappa shape index (κ3) is 2.30. The monoisotopic (exact) mass is 220 g/mol. The summed E-state index contributed by atoms with van der Waals surface area (Å²) in [6, 6.07) is 6.51. The van der Waals surface area contributed by atoms with Gasteiger partial charge in [0.05, 0.1) is 17.5 Å². The van der Waals surface area contributed by atoms with Crippen molar-refractivity contribution < 1.29 is 4.74 Å². The molecule has 0 aromatic heterocycles. The molecular formula is C13H20N2O. The molecule has 1 aromatic rings. The van der Waals surface area contributed by atoms with Gasteiger partial charge in [0.15, 0.2) is 0 Å². The van der Waals surface area contributed by atoms with E-state index in [1.807, 2.05) is 12.1 Å². The van der Waals surface area contributed by atoms with Crippen LogP contribution in [0.25, 0.3) is 0 Å². The molecular weight excluding hydrogens is 200 g/mol. The van der Waals surface area contributed by atoms with Crippen molar-refractivity contribution in [2.75, 3.05) is 18.2 Å². The Balaban J connectivity index is 2.04. The van der Waals surface area contributed by atoms with Crippen molar-refractivity contribution in [2.45, 2.75) is 38.3 Å². The molecule has 88 valence electrons. The maximum Gasteiger partial charge on any atom is 0.0605 e. The summed E-state index contributed by atoms with van der Waals surface area (Å²) in [6.07, 6.45) is 3.78. The molecule has 3 nitrogen and oxygen atoms in total. The summed E-state index contributed by atoms with van der Waals surface area (Å²) in [6.45, 7) is 2.08. The minimum atomic E-state index is 0.405. The molecule has 1 fully saturated rings. The number of rotatable bonds is 3. The lowest BCUT2D eigenvalue weighted by Gasteiger charge is -2.18. The van der Waals surface area contributed by atoms with Crippen molar-refractivity contribution in [3.05, 3.63) is 23.8 Å². The molecule has 0 aliphatic heterocycles. The molecule has 0 spiro atoms. The molecule has 1 aliphatic rings. The Morgan fingerprint density at radius 1 is 1.38 bits per heavy atom. The highest BCUT2D eigenvalue weighted by atomic mass is 16.5. The number of aryl methyl sites for hydroxylation is 1. The van der Waals surface area contributed by atoms with Crippen LogP contribution in [0, 0.1) is 6.92 Å². The Morgan fingerprint density at radius 3 is 2.81 bits per heavy atom. The molecule has 3 heteroatoms. The van der Waals surface area contributed by atoms with Gasteiger partial charge >= 0.3 is 0 Å². The van der Waals surface area contributed by atoms with Gasteiger partial charge < -0.3 is 15.8 Å². The summed E-state index contributed by atoms with van der Waals surface area (Å²) in [7, 11) is 1.79. The van der Waals surface area contributed by atoms with Crippen LogP contribution in [0.5, 0.6) is 0 Å². The Bertz CT molecular complexity index is 345. The number of ether oxygens (including phenoxy) is 1. The van der Waals surface area contributed by atoms with Crippen LogP contribution in [0.4, 0.5) is 11.4 Å². The van der Waals surface area contributed by atoms with Gasteiger partial charge in [0.25, 0.3) is 0 Å². The van der Waals surface area contributed by atoms with Gasteiger partial charge in [-0.15, -0.1) is 0 Å². The number of methoxy groups -OCH3 is 1. The van der Waals surface area contributed by atoms with E-state index in [1.54, 1.807) is 7.11 Å². The van der Waals surface area contributed by atoms with E-state index >= 15 is 0 Å². The average Bonchev–Trinajstić information content (AvgIpc) is 2.71. The first-order valence-corrected chi connectivity index (χ1v) is 5.85. The van der Waals surface area contributed by atoms with Crippen LogP contribution < -0.4 is 11.1 Å². The number of hydrogen-bond acceptors (Lipinski definition) is 3. The molecule has 0 bridgehead atoms. The number of hydrogen-bond donors (Lipinski definition) is 2. The van der Waals surface area contributed by atoms with Crippen molar-refractivity contribution in [2.24, 2.45) is 0 Å². The van der Waals surface area contributed by atoms with Crippen LogP contribution in [0.15, 0.2) is 18.2 Å². The van der Waals surface area contributed by atoms with Crippen LogP contribution in [-0.4, -0.2) is 19.3 Å². The molecule has 16 heavy (non-hydrogen) atoms. The number of nitrogens with one attached hydrogen (secondary N) is 1. The van der Waals surface area contributed by atoms with Crippen molar-refractivity contribution >= 4 is 11.4 Å². The van der Waals surface area contributed by atoms with E-state index in [1.165, 1.54) is 5.56 Å². The van der Waals surface area contributed by atoms with Crippen LogP contribution in [0.2, 0.25) is 0 Å². The van der Waals surface area contributed by atoms with Gasteiger partial charge in [0, 0.05) is 13.2 Å². The zero-order valence-electron chi connectivity index (χ0n) is 9.99. The maximum atomic E-state index is 5.97. The first-order chi connectivity index (χ1) is 7.70. The highest BCUT2D eigenvalue weighted by Crippen LogP contribution is 2.29. The summed E-state index contributed by atoms with van der Waals surface area (Å²) in [5.41, 5.74) is 9.10. The largest absolute Gasteiger partial charge is 0.397 e. The summed E-state index contributed by atoms with van der Waals surface area (Å²) < 4.78 is 5.37. The van der Waals surface area contributed by atoms with E-state index in [9.17, 15) is 0 Å². The van der Waals surface area contributed by atoms with Crippen LogP contribution in [0.3, 0.4) is 0 Å². The number of nitrogen functional groups attached to an aromatic ring is 1. The van der Waals surface area contributed by atoms with E-state index in [-0.39, 0.29) is 0 Å². The number of para-hydroxylation sites is 1. The quantitative estimate of drug-likeness (QED) is 0.770. The molecule has 1 aromatic carbocycles. The van der Waals surface area contributed by atoms with Crippen molar-refractivity contribution in [3.8, 4) is 0 Å². The highest BCUT2D eigenvalue weighted by Gasteiger charge is 2.24. The second kappa shape index (κ2) is 4.74. The fourth-order valence-electron chi connectivity index (χ4n) is 2.38. The van der Waals surface area contributed by atoms with Crippen LogP contribution in [-0.2, 0) is 4.74 Å². The lowest BCUT2D eigenvalue weighted by molar-refractivity contribution is 0.108.